The molecule has 2 aromatic heterocycles. The second kappa shape index (κ2) is 4.89. The number of aromatic carboxylic acids is 1. The average Bonchev–Trinajstić information content (AvgIpc) is 2.70. The molecule has 0 bridgehead atoms. The molecule has 2 rings (SSSR count). The highest BCUT2D eigenvalue weighted by molar-refractivity contribution is 6.03. The van der Waals surface area contributed by atoms with Gasteiger partial charge in [-0.3, -0.25) is 14.9 Å². The van der Waals surface area contributed by atoms with Gasteiger partial charge in [0.15, 0.2) is 0 Å². The fourth-order valence-electron chi connectivity index (χ4n) is 1.57. The maximum atomic E-state index is 11.9. The summed E-state index contributed by atoms with van der Waals surface area (Å²) in [6.45, 7) is 3.55. The number of carbonyl (C=O) groups is 2. The summed E-state index contributed by atoms with van der Waals surface area (Å²) in [6.07, 6.45) is 1.15. The van der Waals surface area contributed by atoms with Crippen LogP contribution in [0.5, 0.6) is 0 Å². The Hall–Kier alpha value is -2.70. The van der Waals surface area contributed by atoms with Gasteiger partial charge in [0.05, 0.1) is 22.6 Å². The van der Waals surface area contributed by atoms with E-state index in [4.69, 9.17) is 5.11 Å². The number of anilines is 1. The number of aryl methyl sites for hydroxylation is 2. The Kier molecular flexibility index (Phi) is 3.28. The van der Waals surface area contributed by atoms with Gasteiger partial charge >= 0.3 is 5.97 Å². The van der Waals surface area contributed by atoms with E-state index in [-0.39, 0.29) is 11.3 Å². The molecule has 0 aliphatic carbocycles. The normalized spacial score (nSPS) is 10.2. The number of nitrogens with one attached hydrogen (secondary N) is 2. The molecule has 3 N–H and O–H groups in total. The molecule has 0 saturated heterocycles. The van der Waals surface area contributed by atoms with Gasteiger partial charge in [-0.15, -0.1) is 0 Å². The van der Waals surface area contributed by atoms with Gasteiger partial charge in [-0.05, 0) is 26.0 Å². The number of aromatic nitrogens is 3. The lowest BCUT2D eigenvalue weighted by molar-refractivity contribution is 0.0696. The summed E-state index contributed by atoms with van der Waals surface area (Å²) in [6, 6.07) is 2.70. The lowest BCUT2D eigenvalue weighted by Gasteiger charge is -2.04. The first-order valence-corrected chi connectivity index (χ1v) is 5.51. The topological polar surface area (TPSA) is 108 Å². The van der Waals surface area contributed by atoms with Gasteiger partial charge in [0.1, 0.15) is 5.69 Å². The number of rotatable bonds is 3. The van der Waals surface area contributed by atoms with Crippen LogP contribution in [0.2, 0.25) is 0 Å². The monoisotopic (exact) mass is 260 g/mol. The maximum Gasteiger partial charge on any atom is 0.337 e. The molecule has 1 amide bonds. The summed E-state index contributed by atoms with van der Waals surface area (Å²) < 4.78 is 0. The van der Waals surface area contributed by atoms with Gasteiger partial charge < -0.3 is 10.4 Å². The first-order valence-electron chi connectivity index (χ1n) is 5.51. The Bertz CT molecular complexity index is 611. The minimum absolute atomic E-state index is 0.0345. The minimum Gasteiger partial charge on any atom is -0.478 e. The number of aromatic amines is 1. The van der Waals surface area contributed by atoms with Crippen molar-refractivity contribution in [3.05, 3.63) is 41.0 Å². The van der Waals surface area contributed by atoms with E-state index in [1.165, 1.54) is 12.1 Å². The number of carbonyl (C=O) groups excluding carboxylic acids is 1. The largest absolute Gasteiger partial charge is 0.478 e. The summed E-state index contributed by atoms with van der Waals surface area (Å²) in [5.74, 6) is -1.49. The first-order chi connectivity index (χ1) is 8.99. The van der Waals surface area contributed by atoms with Crippen LogP contribution in [0.15, 0.2) is 18.3 Å². The SMILES string of the molecule is Cc1n[nH]c(C)c1NC(=O)c1ccc(C(=O)O)cn1. The van der Waals surface area contributed by atoms with Crippen molar-refractivity contribution in [3.63, 3.8) is 0 Å². The van der Waals surface area contributed by atoms with E-state index in [2.05, 4.69) is 20.5 Å². The molecule has 7 heteroatoms. The van der Waals surface area contributed by atoms with Crippen LogP contribution in [0.25, 0.3) is 0 Å². The number of hydrogen-bond acceptors (Lipinski definition) is 4. The Balaban J connectivity index is 2.18. The van der Waals surface area contributed by atoms with Gasteiger partial charge in [-0.2, -0.15) is 5.10 Å². The highest BCUT2D eigenvalue weighted by atomic mass is 16.4. The quantitative estimate of drug-likeness (QED) is 0.772. The van der Waals surface area contributed by atoms with E-state index >= 15 is 0 Å². The summed E-state index contributed by atoms with van der Waals surface area (Å²) in [5.41, 5.74) is 2.20. The fraction of sp³-hybridized carbons (Fsp3) is 0.167. The first kappa shape index (κ1) is 12.7. The molecule has 0 saturated carbocycles. The van der Waals surface area contributed by atoms with E-state index in [1.54, 1.807) is 13.8 Å². The molecule has 2 heterocycles. The maximum absolute atomic E-state index is 11.9. The van der Waals surface area contributed by atoms with Crippen molar-refractivity contribution in [1.82, 2.24) is 15.2 Å². The summed E-state index contributed by atoms with van der Waals surface area (Å²) in [7, 11) is 0. The second-order valence-electron chi connectivity index (χ2n) is 4.00. The molecule has 0 atom stereocenters. The van der Waals surface area contributed by atoms with Gasteiger partial charge in [0.2, 0.25) is 0 Å². The van der Waals surface area contributed by atoms with Crippen LogP contribution in [-0.4, -0.2) is 32.2 Å². The smallest absolute Gasteiger partial charge is 0.337 e. The van der Waals surface area contributed by atoms with Gasteiger partial charge in [0.25, 0.3) is 5.91 Å². The van der Waals surface area contributed by atoms with Crippen LogP contribution in [0.4, 0.5) is 5.69 Å². The molecular formula is C12H12N4O3. The zero-order valence-corrected chi connectivity index (χ0v) is 10.4. The summed E-state index contributed by atoms with van der Waals surface area (Å²) >= 11 is 0. The zero-order valence-electron chi connectivity index (χ0n) is 10.4. The summed E-state index contributed by atoms with van der Waals surface area (Å²) in [5, 5.41) is 18.1. The predicted molar refractivity (Wildman–Crippen MR) is 67.2 cm³/mol. The van der Waals surface area contributed by atoms with Crippen LogP contribution in [0, 0.1) is 13.8 Å². The summed E-state index contributed by atoms with van der Waals surface area (Å²) in [4.78, 5) is 26.4. The van der Waals surface area contributed by atoms with E-state index in [1.807, 2.05) is 0 Å². The fourth-order valence-corrected chi connectivity index (χ4v) is 1.57. The van der Waals surface area contributed by atoms with Gasteiger partial charge in [-0.1, -0.05) is 0 Å². The van der Waals surface area contributed by atoms with E-state index in [0.29, 0.717) is 11.4 Å². The minimum atomic E-state index is -1.08. The molecule has 0 spiro atoms. The molecule has 7 nitrogen and oxygen atoms in total. The number of nitrogens with zero attached hydrogens (tertiary/aromatic N) is 2. The van der Waals surface area contributed by atoms with Crippen molar-refractivity contribution in [1.29, 1.82) is 0 Å². The van der Waals surface area contributed by atoms with E-state index < -0.39 is 11.9 Å². The Morgan fingerprint density at radius 3 is 2.53 bits per heavy atom. The lowest BCUT2D eigenvalue weighted by Crippen LogP contribution is -2.15. The molecule has 0 radical (unpaired) electrons. The Morgan fingerprint density at radius 2 is 2.05 bits per heavy atom. The third kappa shape index (κ3) is 2.59. The van der Waals surface area contributed by atoms with Crippen molar-refractivity contribution < 1.29 is 14.7 Å². The highest BCUT2D eigenvalue weighted by Crippen LogP contribution is 2.16. The Morgan fingerprint density at radius 1 is 1.32 bits per heavy atom. The Labute approximate surface area is 108 Å². The number of hydrogen-bond donors (Lipinski definition) is 3. The van der Waals surface area contributed by atoms with Gasteiger partial charge in [-0.25, -0.2) is 4.79 Å². The lowest BCUT2D eigenvalue weighted by atomic mass is 10.2. The van der Waals surface area contributed by atoms with E-state index in [0.717, 1.165) is 11.9 Å². The third-order valence-corrected chi connectivity index (χ3v) is 2.61. The van der Waals surface area contributed by atoms with Crippen molar-refractivity contribution in [3.8, 4) is 0 Å². The van der Waals surface area contributed by atoms with Crippen LogP contribution in [0.3, 0.4) is 0 Å². The number of carboxylic acid groups (broad SMARTS) is 1. The number of pyridine rings is 1. The molecule has 98 valence electrons. The van der Waals surface area contributed by atoms with Gasteiger partial charge in [0, 0.05) is 6.20 Å². The third-order valence-electron chi connectivity index (χ3n) is 2.61. The van der Waals surface area contributed by atoms with Crippen LogP contribution >= 0.6 is 0 Å². The molecular weight excluding hydrogens is 248 g/mol. The number of carboxylic acids is 1. The standard InChI is InChI=1S/C12H12N4O3/c1-6-10(7(2)16-15-6)14-11(17)9-4-3-8(5-13-9)12(18)19/h3-5H,1-2H3,(H,14,17)(H,15,16)(H,18,19). The van der Waals surface area contributed by atoms with E-state index in [9.17, 15) is 9.59 Å². The number of amides is 1. The van der Waals surface area contributed by atoms with Crippen LogP contribution in [-0.2, 0) is 0 Å². The van der Waals surface area contributed by atoms with Crippen molar-refractivity contribution in [2.45, 2.75) is 13.8 Å². The zero-order chi connectivity index (χ0) is 14.0. The molecule has 0 fully saturated rings. The highest BCUT2D eigenvalue weighted by Gasteiger charge is 2.13. The van der Waals surface area contributed by atoms with Crippen LogP contribution < -0.4 is 5.32 Å². The average molecular weight is 260 g/mol. The van der Waals surface area contributed by atoms with Crippen molar-refractivity contribution >= 4 is 17.6 Å². The van der Waals surface area contributed by atoms with Crippen molar-refractivity contribution in [2.24, 2.45) is 0 Å². The van der Waals surface area contributed by atoms with Crippen LogP contribution in [0.1, 0.15) is 32.2 Å². The van der Waals surface area contributed by atoms with Crippen molar-refractivity contribution in [2.75, 3.05) is 5.32 Å². The molecule has 19 heavy (non-hydrogen) atoms. The predicted octanol–water partition coefficient (Wildman–Crippen LogP) is 1.37. The molecule has 0 aromatic carbocycles. The molecule has 0 aliphatic heterocycles. The molecule has 2 aromatic rings. The second-order valence-corrected chi connectivity index (χ2v) is 4.00. The molecule has 0 aliphatic rings. The molecule has 0 unspecified atom stereocenters. The number of H-pyrrole nitrogens is 1.